The molecule has 1 amide bonds. The normalized spacial score (nSPS) is 15.2. The molecule has 0 aliphatic carbocycles. The first-order valence-corrected chi connectivity index (χ1v) is 6.98. The molecule has 0 saturated heterocycles. The number of fused-ring (bicyclic) bond motifs is 1. The molecule has 1 atom stereocenters. The van der Waals surface area contributed by atoms with Gasteiger partial charge in [-0.3, -0.25) is 4.79 Å². The van der Waals surface area contributed by atoms with E-state index in [1.54, 1.807) is 6.07 Å². The monoisotopic (exact) mass is 276 g/mol. The fourth-order valence-electron chi connectivity index (χ4n) is 2.53. The van der Waals surface area contributed by atoms with Gasteiger partial charge in [0.2, 0.25) is 0 Å². The van der Waals surface area contributed by atoms with Crippen LogP contribution in [0, 0.1) is 0 Å². The van der Waals surface area contributed by atoms with Crippen LogP contribution in [-0.2, 0) is 17.8 Å². The Labute approximate surface area is 118 Å². The first kappa shape index (κ1) is 14.5. The second-order valence-electron chi connectivity index (χ2n) is 5.02. The topological polar surface area (TPSA) is 78.4 Å². The SMILES string of the molecule is CCC[C@H](NC(=O)c1cccc2c1CCNC2)C(=O)O. The van der Waals surface area contributed by atoms with Crippen LogP contribution >= 0.6 is 0 Å². The Kier molecular flexibility index (Phi) is 4.74. The zero-order chi connectivity index (χ0) is 14.5. The number of hydrogen-bond donors (Lipinski definition) is 3. The standard InChI is InChI=1S/C15H20N2O3/c1-2-4-13(15(19)20)17-14(18)12-6-3-5-10-9-16-8-7-11(10)12/h3,5-6,13,16H,2,4,7-9H2,1H3,(H,17,18)(H,19,20)/t13-/m0/s1. The fourth-order valence-corrected chi connectivity index (χ4v) is 2.53. The Hall–Kier alpha value is -1.88. The first-order chi connectivity index (χ1) is 9.63. The Morgan fingerprint density at radius 1 is 1.45 bits per heavy atom. The van der Waals surface area contributed by atoms with E-state index in [0.29, 0.717) is 18.4 Å². The number of carbonyl (C=O) groups excluding carboxylic acids is 1. The molecule has 5 heteroatoms. The number of benzene rings is 1. The predicted octanol–water partition coefficient (Wildman–Crippen LogP) is 1.32. The summed E-state index contributed by atoms with van der Waals surface area (Å²) in [4.78, 5) is 23.4. The number of nitrogens with one attached hydrogen (secondary N) is 2. The van der Waals surface area contributed by atoms with Crippen LogP contribution < -0.4 is 10.6 Å². The molecule has 0 unspecified atom stereocenters. The molecular weight excluding hydrogens is 256 g/mol. The van der Waals surface area contributed by atoms with Crippen LogP contribution in [0.4, 0.5) is 0 Å². The molecule has 1 aliphatic heterocycles. The molecule has 0 bridgehead atoms. The Bertz CT molecular complexity index is 514. The second kappa shape index (κ2) is 6.52. The van der Waals surface area contributed by atoms with Gasteiger partial charge < -0.3 is 15.7 Å². The third-order valence-corrected chi connectivity index (χ3v) is 3.57. The van der Waals surface area contributed by atoms with Gasteiger partial charge in [0.15, 0.2) is 0 Å². The van der Waals surface area contributed by atoms with Crippen LogP contribution in [0.1, 0.15) is 41.3 Å². The largest absolute Gasteiger partial charge is 0.480 e. The van der Waals surface area contributed by atoms with Crippen molar-refractivity contribution in [2.75, 3.05) is 6.54 Å². The van der Waals surface area contributed by atoms with Crippen molar-refractivity contribution in [3.8, 4) is 0 Å². The van der Waals surface area contributed by atoms with E-state index in [2.05, 4.69) is 10.6 Å². The molecular formula is C15H20N2O3. The molecule has 1 heterocycles. The van der Waals surface area contributed by atoms with Crippen molar-refractivity contribution in [1.29, 1.82) is 0 Å². The predicted molar refractivity (Wildman–Crippen MR) is 75.7 cm³/mol. The number of rotatable bonds is 5. The van der Waals surface area contributed by atoms with Gasteiger partial charge in [0.1, 0.15) is 6.04 Å². The summed E-state index contributed by atoms with van der Waals surface area (Å²) in [6, 6.07) is 4.80. The molecule has 1 aromatic carbocycles. The molecule has 2 rings (SSSR count). The van der Waals surface area contributed by atoms with Crippen LogP contribution in [0.5, 0.6) is 0 Å². The number of hydrogen-bond acceptors (Lipinski definition) is 3. The summed E-state index contributed by atoms with van der Waals surface area (Å²) in [7, 11) is 0. The van der Waals surface area contributed by atoms with Crippen molar-refractivity contribution in [2.45, 2.75) is 38.8 Å². The molecule has 3 N–H and O–H groups in total. The molecule has 1 aliphatic rings. The maximum absolute atomic E-state index is 12.3. The van der Waals surface area contributed by atoms with Gasteiger partial charge in [-0.1, -0.05) is 25.5 Å². The second-order valence-corrected chi connectivity index (χ2v) is 5.02. The number of carboxylic acids is 1. The van der Waals surface area contributed by atoms with Crippen LogP contribution in [-0.4, -0.2) is 29.6 Å². The van der Waals surface area contributed by atoms with Crippen molar-refractivity contribution in [3.63, 3.8) is 0 Å². The van der Waals surface area contributed by atoms with Crippen molar-refractivity contribution < 1.29 is 14.7 Å². The smallest absolute Gasteiger partial charge is 0.326 e. The van der Waals surface area contributed by atoms with Crippen LogP contribution in [0.25, 0.3) is 0 Å². The summed E-state index contributed by atoms with van der Waals surface area (Å²) >= 11 is 0. The lowest BCUT2D eigenvalue weighted by Gasteiger charge is -2.21. The van der Waals surface area contributed by atoms with Gasteiger partial charge in [0, 0.05) is 12.1 Å². The van der Waals surface area contributed by atoms with Gasteiger partial charge in [-0.05, 0) is 36.6 Å². The molecule has 1 aromatic rings. The summed E-state index contributed by atoms with van der Waals surface area (Å²) in [6.07, 6.45) is 1.95. The number of carboxylic acid groups (broad SMARTS) is 1. The summed E-state index contributed by atoms with van der Waals surface area (Å²) in [5.74, 6) is -1.27. The van der Waals surface area contributed by atoms with Crippen LogP contribution in [0.2, 0.25) is 0 Å². The lowest BCUT2D eigenvalue weighted by atomic mass is 9.95. The molecule has 0 saturated carbocycles. The minimum atomic E-state index is -0.980. The fraction of sp³-hybridized carbons (Fsp3) is 0.467. The molecule has 0 fully saturated rings. The third kappa shape index (κ3) is 3.17. The quantitative estimate of drug-likeness (QED) is 0.758. The Balaban J connectivity index is 2.19. The van der Waals surface area contributed by atoms with Gasteiger partial charge in [0.25, 0.3) is 5.91 Å². The van der Waals surface area contributed by atoms with Crippen molar-refractivity contribution in [1.82, 2.24) is 10.6 Å². The van der Waals surface area contributed by atoms with Crippen molar-refractivity contribution in [3.05, 3.63) is 34.9 Å². The maximum Gasteiger partial charge on any atom is 0.326 e. The lowest BCUT2D eigenvalue weighted by Crippen LogP contribution is -2.41. The summed E-state index contributed by atoms with van der Waals surface area (Å²) < 4.78 is 0. The summed E-state index contributed by atoms with van der Waals surface area (Å²) in [6.45, 7) is 3.50. The molecule has 0 radical (unpaired) electrons. The maximum atomic E-state index is 12.3. The average Bonchev–Trinajstić information content (AvgIpc) is 2.46. The molecule has 5 nitrogen and oxygen atoms in total. The van der Waals surface area contributed by atoms with E-state index in [-0.39, 0.29) is 5.91 Å². The highest BCUT2D eigenvalue weighted by atomic mass is 16.4. The molecule has 0 spiro atoms. The van der Waals surface area contributed by atoms with E-state index < -0.39 is 12.0 Å². The highest BCUT2D eigenvalue weighted by molar-refractivity contribution is 5.98. The molecule has 20 heavy (non-hydrogen) atoms. The lowest BCUT2D eigenvalue weighted by molar-refractivity contribution is -0.139. The summed E-state index contributed by atoms with van der Waals surface area (Å²) in [5, 5.41) is 15.0. The van der Waals surface area contributed by atoms with Gasteiger partial charge in [-0.2, -0.15) is 0 Å². The Morgan fingerprint density at radius 2 is 2.25 bits per heavy atom. The van der Waals surface area contributed by atoms with E-state index >= 15 is 0 Å². The van der Waals surface area contributed by atoms with E-state index in [0.717, 1.165) is 30.6 Å². The zero-order valence-electron chi connectivity index (χ0n) is 11.6. The minimum Gasteiger partial charge on any atom is -0.480 e. The van der Waals surface area contributed by atoms with Crippen molar-refractivity contribution in [2.24, 2.45) is 0 Å². The van der Waals surface area contributed by atoms with Crippen LogP contribution in [0.3, 0.4) is 0 Å². The van der Waals surface area contributed by atoms with E-state index in [9.17, 15) is 9.59 Å². The van der Waals surface area contributed by atoms with Gasteiger partial charge in [-0.15, -0.1) is 0 Å². The van der Waals surface area contributed by atoms with Crippen molar-refractivity contribution >= 4 is 11.9 Å². The number of aliphatic carboxylic acids is 1. The van der Waals surface area contributed by atoms with Gasteiger partial charge >= 0.3 is 5.97 Å². The average molecular weight is 276 g/mol. The highest BCUT2D eigenvalue weighted by Crippen LogP contribution is 2.18. The third-order valence-electron chi connectivity index (χ3n) is 3.57. The molecule has 108 valence electrons. The highest BCUT2D eigenvalue weighted by Gasteiger charge is 2.22. The molecule has 0 aromatic heterocycles. The van der Waals surface area contributed by atoms with Crippen LogP contribution in [0.15, 0.2) is 18.2 Å². The first-order valence-electron chi connectivity index (χ1n) is 6.98. The van der Waals surface area contributed by atoms with Gasteiger partial charge in [-0.25, -0.2) is 4.79 Å². The zero-order valence-corrected chi connectivity index (χ0v) is 11.6. The number of carbonyl (C=O) groups is 2. The summed E-state index contributed by atoms with van der Waals surface area (Å²) in [5.41, 5.74) is 2.75. The van der Waals surface area contributed by atoms with E-state index in [1.165, 1.54) is 0 Å². The minimum absolute atomic E-state index is 0.287. The van der Waals surface area contributed by atoms with Gasteiger partial charge in [0.05, 0.1) is 0 Å². The van der Waals surface area contributed by atoms with E-state index in [4.69, 9.17) is 5.11 Å². The number of amides is 1. The Morgan fingerprint density at radius 3 is 2.95 bits per heavy atom. The van der Waals surface area contributed by atoms with E-state index in [1.807, 2.05) is 19.1 Å².